The van der Waals surface area contributed by atoms with E-state index in [1.165, 1.54) is 6.42 Å². The summed E-state index contributed by atoms with van der Waals surface area (Å²) in [5, 5.41) is 0. The number of benzene rings is 1. The minimum atomic E-state index is -0.0221. The van der Waals surface area contributed by atoms with Crippen LogP contribution in [0.25, 0.3) is 0 Å². The summed E-state index contributed by atoms with van der Waals surface area (Å²) in [6, 6.07) is 7.38. The number of hydrogen-bond acceptors (Lipinski definition) is 3. The fourth-order valence-corrected chi connectivity index (χ4v) is 2.47. The van der Waals surface area contributed by atoms with Crippen molar-refractivity contribution in [3.8, 4) is 11.8 Å². The first-order valence-corrected chi connectivity index (χ1v) is 7.37. The van der Waals surface area contributed by atoms with E-state index in [1.54, 1.807) is 11.0 Å². The predicted octanol–water partition coefficient (Wildman–Crippen LogP) is 1.64. The third-order valence-electron chi connectivity index (χ3n) is 3.58. The number of likely N-dealkylation sites (N-methyl/N-ethyl adjacent to an activating group) is 1. The quantitative estimate of drug-likeness (QED) is 0.859. The number of rotatable bonds is 3. The zero-order chi connectivity index (χ0) is 15.1. The maximum absolute atomic E-state index is 12.6. The van der Waals surface area contributed by atoms with Gasteiger partial charge in [0, 0.05) is 25.8 Å². The molecule has 1 atom stereocenters. The van der Waals surface area contributed by atoms with Crippen molar-refractivity contribution in [2.75, 3.05) is 26.7 Å². The molecular weight excluding hydrogens is 264 g/mol. The second-order valence-electron chi connectivity index (χ2n) is 5.23. The number of carbonyl (C=O) groups excluding carboxylic acids is 1. The van der Waals surface area contributed by atoms with Gasteiger partial charge in [0.2, 0.25) is 0 Å². The first kappa shape index (κ1) is 15.6. The third kappa shape index (κ3) is 4.32. The Morgan fingerprint density at radius 3 is 2.95 bits per heavy atom. The van der Waals surface area contributed by atoms with Crippen LogP contribution in [0.2, 0.25) is 0 Å². The van der Waals surface area contributed by atoms with Gasteiger partial charge in [-0.2, -0.15) is 0 Å². The van der Waals surface area contributed by atoms with Crippen LogP contribution < -0.4 is 5.73 Å². The summed E-state index contributed by atoms with van der Waals surface area (Å²) >= 11 is 0. The van der Waals surface area contributed by atoms with E-state index in [9.17, 15) is 4.79 Å². The Balaban J connectivity index is 2.08. The van der Waals surface area contributed by atoms with E-state index in [0.717, 1.165) is 25.0 Å². The largest absolute Gasteiger partial charge is 0.376 e. The lowest BCUT2D eigenvalue weighted by Gasteiger charge is -2.27. The molecule has 4 heteroatoms. The van der Waals surface area contributed by atoms with Gasteiger partial charge < -0.3 is 15.4 Å². The Morgan fingerprint density at radius 1 is 1.43 bits per heavy atom. The van der Waals surface area contributed by atoms with Crippen LogP contribution in [0.5, 0.6) is 0 Å². The molecule has 1 aromatic carbocycles. The average molecular weight is 286 g/mol. The van der Waals surface area contributed by atoms with Crippen molar-refractivity contribution in [3.05, 3.63) is 35.4 Å². The minimum absolute atomic E-state index is 0.0221. The number of nitrogens with two attached hydrogens (primary N) is 1. The van der Waals surface area contributed by atoms with E-state index in [0.29, 0.717) is 12.1 Å². The molecule has 0 saturated carbocycles. The predicted molar refractivity (Wildman–Crippen MR) is 82.9 cm³/mol. The van der Waals surface area contributed by atoms with Crippen LogP contribution in [0.3, 0.4) is 0 Å². The van der Waals surface area contributed by atoms with Gasteiger partial charge in [0.1, 0.15) is 0 Å². The minimum Gasteiger partial charge on any atom is -0.376 e. The van der Waals surface area contributed by atoms with E-state index in [-0.39, 0.29) is 18.6 Å². The van der Waals surface area contributed by atoms with E-state index in [4.69, 9.17) is 10.5 Å². The van der Waals surface area contributed by atoms with Crippen LogP contribution in [0.4, 0.5) is 0 Å². The average Bonchev–Trinajstić information content (AvgIpc) is 2.53. The van der Waals surface area contributed by atoms with Crippen LogP contribution in [0.1, 0.15) is 35.2 Å². The molecule has 1 heterocycles. The molecule has 1 aliphatic heterocycles. The number of nitrogens with zero attached hydrogens (tertiary/aromatic N) is 1. The van der Waals surface area contributed by atoms with Crippen LogP contribution in [-0.2, 0) is 4.74 Å². The van der Waals surface area contributed by atoms with Gasteiger partial charge in [-0.3, -0.25) is 4.79 Å². The van der Waals surface area contributed by atoms with E-state index < -0.39 is 0 Å². The van der Waals surface area contributed by atoms with Crippen molar-refractivity contribution in [1.29, 1.82) is 0 Å². The Morgan fingerprint density at radius 2 is 2.24 bits per heavy atom. The molecule has 1 aromatic rings. The van der Waals surface area contributed by atoms with E-state index >= 15 is 0 Å². The molecule has 2 rings (SSSR count). The van der Waals surface area contributed by atoms with Crippen molar-refractivity contribution >= 4 is 5.91 Å². The highest BCUT2D eigenvalue weighted by atomic mass is 16.5. The Kier molecular flexibility index (Phi) is 5.79. The summed E-state index contributed by atoms with van der Waals surface area (Å²) in [6.45, 7) is 1.71. The number of hydrogen-bond donors (Lipinski definition) is 1. The van der Waals surface area contributed by atoms with Gasteiger partial charge in [0.05, 0.1) is 18.2 Å². The molecule has 2 N–H and O–H groups in total. The molecule has 4 nitrogen and oxygen atoms in total. The Labute approximate surface area is 126 Å². The lowest BCUT2D eigenvalue weighted by atomic mass is 10.1. The molecule has 0 bridgehead atoms. The van der Waals surface area contributed by atoms with Crippen LogP contribution in [-0.4, -0.2) is 43.7 Å². The zero-order valence-corrected chi connectivity index (χ0v) is 12.5. The number of amides is 1. The fraction of sp³-hybridized carbons (Fsp3) is 0.471. The standard InChI is InChI=1S/C17H22N2O2/c1-19(13-15-9-4-5-12-21-15)17(20)16-10-3-2-7-14(16)8-6-11-18/h2-3,7,10,15H,4-5,9,11-13,18H2,1H3. The van der Waals surface area contributed by atoms with E-state index in [2.05, 4.69) is 11.8 Å². The van der Waals surface area contributed by atoms with Crippen molar-refractivity contribution in [3.63, 3.8) is 0 Å². The first-order valence-electron chi connectivity index (χ1n) is 7.37. The molecule has 0 spiro atoms. The van der Waals surface area contributed by atoms with Crippen molar-refractivity contribution < 1.29 is 9.53 Å². The van der Waals surface area contributed by atoms with Crippen molar-refractivity contribution in [1.82, 2.24) is 4.90 Å². The lowest BCUT2D eigenvalue weighted by Crippen LogP contribution is -2.37. The van der Waals surface area contributed by atoms with Crippen LogP contribution >= 0.6 is 0 Å². The molecular formula is C17H22N2O2. The molecule has 21 heavy (non-hydrogen) atoms. The van der Waals surface area contributed by atoms with Gasteiger partial charge in [-0.05, 0) is 31.4 Å². The number of carbonyl (C=O) groups is 1. The van der Waals surface area contributed by atoms with Crippen molar-refractivity contribution in [2.45, 2.75) is 25.4 Å². The smallest absolute Gasteiger partial charge is 0.254 e. The monoisotopic (exact) mass is 286 g/mol. The molecule has 1 unspecified atom stereocenters. The van der Waals surface area contributed by atoms with Gasteiger partial charge in [0.25, 0.3) is 5.91 Å². The highest BCUT2D eigenvalue weighted by Gasteiger charge is 2.20. The van der Waals surface area contributed by atoms with Gasteiger partial charge >= 0.3 is 0 Å². The SMILES string of the molecule is CN(CC1CCCCO1)C(=O)c1ccccc1C#CCN. The normalized spacial score (nSPS) is 17.7. The lowest BCUT2D eigenvalue weighted by molar-refractivity contribution is -0.000193. The Hall–Kier alpha value is -1.83. The Bertz CT molecular complexity index is 539. The molecule has 1 amide bonds. The summed E-state index contributed by atoms with van der Waals surface area (Å²) in [4.78, 5) is 14.3. The summed E-state index contributed by atoms with van der Waals surface area (Å²) in [7, 11) is 1.81. The topological polar surface area (TPSA) is 55.6 Å². The molecule has 1 aliphatic rings. The molecule has 0 radical (unpaired) electrons. The van der Waals surface area contributed by atoms with Gasteiger partial charge in [-0.1, -0.05) is 24.0 Å². The maximum atomic E-state index is 12.6. The van der Waals surface area contributed by atoms with Crippen LogP contribution in [0.15, 0.2) is 24.3 Å². The molecule has 0 aromatic heterocycles. The molecule has 1 fully saturated rings. The fourth-order valence-electron chi connectivity index (χ4n) is 2.47. The summed E-state index contributed by atoms with van der Waals surface area (Å²) < 4.78 is 5.69. The number of ether oxygens (including phenoxy) is 1. The summed E-state index contributed by atoms with van der Waals surface area (Å²) in [5.74, 6) is 5.74. The van der Waals surface area contributed by atoms with Gasteiger partial charge in [-0.15, -0.1) is 0 Å². The first-order chi connectivity index (χ1) is 10.2. The molecule has 1 saturated heterocycles. The maximum Gasteiger partial charge on any atom is 0.254 e. The summed E-state index contributed by atoms with van der Waals surface area (Å²) in [5.41, 5.74) is 6.75. The highest BCUT2D eigenvalue weighted by molar-refractivity contribution is 5.96. The van der Waals surface area contributed by atoms with Gasteiger partial charge in [-0.25, -0.2) is 0 Å². The second-order valence-corrected chi connectivity index (χ2v) is 5.23. The zero-order valence-electron chi connectivity index (χ0n) is 12.5. The molecule has 0 aliphatic carbocycles. The molecule has 112 valence electrons. The van der Waals surface area contributed by atoms with Crippen molar-refractivity contribution in [2.24, 2.45) is 5.73 Å². The van der Waals surface area contributed by atoms with E-state index in [1.807, 2.05) is 25.2 Å². The van der Waals surface area contributed by atoms with Crippen LogP contribution in [0, 0.1) is 11.8 Å². The van der Waals surface area contributed by atoms with Gasteiger partial charge in [0.15, 0.2) is 0 Å². The highest BCUT2D eigenvalue weighted by Crippen LogP contribution is 2.15. The summed E-state index contributed by atoms with van der Waals surface area (Å²) in [6.07, 6.45) is 3.46. The second kappa shape index (κ2) is 7.82. The third-order valence-corrected chi connectivity index (χ3v) is 3.58.